The maximum absolute atomic E-state index is 14.2. The highest BCUT2D eigenvalue weighted by Crippen LogP contribution is 2.37. The van der Waals surface area contributed by atoms with Crippen molar-refractivity contribution in [3.8, 4) is 51.8 Å². The molecule has 0 atom stereocenters. The molecule has 146 heavy (non-hydrogen) atoms. The van der Waals surface area contributed by atoms with Crippen LogP contribution >= 0.6 is 11.6 Å². The Morgan fingerprint density at radius 3 is 1.18 bits per heavy atom. The van der Waals surface area contributed by atoms with E-state index in [0.717, 1.165) is 76.2 Å². The van der Waals surface area contributed by atoms with Crippen LogP contribution in [0.5, 0.6) is 17.2 Å². The predicted molar refractivity (Wildman–Crippen MR) is 526 cm³/mol. The van der Waals surface area contributed by atoms with Crippen LogP contribution in [0.3, 0.4) is 0 Å². The Morgan fingerprint density at radius 2 is 0.753 bits per heavy atom. The number of methoxy groups -OCH3 is 1. The highest BCUT2D eigenvalue weighted by Gasteiger charge is 2.31. The first kappa shape index (κ1) is 99.3. The lowest BCUT2D eigenvalue weighted by molar-refractivity contribution is -0.137. The van der Waals surface area contributed by atoms with Crippen molar-refractivity contribution in [1.82, 2.24) is 103 Å². The first-order chi connectivity index (χ1) is 70.4. The number of fused-ring (bicyclic) bond motifs is 5. The van der Waals surface area contributed by atoms with Gasteiger partial charge in [0.25, 0.3) is 0 Å². The van der Waals surface area contributed by atoms with E-state index in [0.29, 0.717) is 149 Å². The minimum absolute atomic E-state index is 0.215. The molecule has 12 aromatic heterocycles. The van der Waals surface area contributed by atoms with Crippen LogP contribution in [0.4, 0.5) is 126 Å². The van der Waals surface area contributed by atoms with Crippen molar-refractivity contribution in [3.05, 3.63) is 361 Å². The van der Waals surface area contributed by atoms with Crippen LogP contribution in [-0.4, -0.2) is 123 Å². The summed E-state index contributed by atoms with van der Waals surface area (Å²) in [4.78, 5) is 66.1. The summed E-state index contributed by atoms with van der Waals surface area (Å²) in [6.07, 6.45) is 15.3. The summed E-state index contributed by atoms with van der Waals surface area (Å²) >= 11 is 5.90. The highest BCUT2D eigenvalue weighted by atomic mass is 35.5. The molecule has 30 nitrogen and oxygen atoms in total. The number of hydrogen-bond acceptors (Lipinski definition) is 25. The van der Waals surface area contributed by atoms with Crippen LogP contribution in [0, 0.1) is 62.6 Å². The summed E-state index contributed by atoms with van der Waals surface area (Å²) in [6.45, 7) is 5.08. The van der Waals surface area contributed by atoms with Crippen LogP contribution in [0.15, 0.2) is 281 Å². The van der Waals surface area contributed by atoms with Gasteiger partial charge in [-0.2, -0.15) is 35.8 Å². The Hall–Kier alpha value is -18.3. The summed E-state index contributed by atoms with van der Waals surface area (Å²) < 4.78 is 193. The van der Waals surface area contributed by atoms with Gasteiger partial charge in [-0.3, -0.25) is 43.2 Å². The average Bonchev–Trinajstić information content (AvgIpc) is 1.64. The predicted octanol–water partition coefficient (Wildman–Crippen LogP) is 25.0. The first-order valence-corrected chi connectivity index (χ1v) is 44.6. The Bertz CT molecular complexity index is 8100. The fraction of sp³-hybridized carbons (Fsp3) is 0.118. The van der Waals surface area contributed by atoms with Gasteiger partial charge in [-0.1, -0.05) is 43.1 Å². The van der Waals surface area contributed by atoms with Gasteiger partial charge in [0.05, 0.1) is 148 Å². The van der Waals surface area contributed by atoms with Gasteiger partial charge >= 0.3 is 19.4 Å². The van der Waals surface area contributed by atoms with Crippen molar-refractivity contribution in [1.29, 1.82) is 0 Å². The molecule has 0 aliphatic heterocycles. The molecule has 0 bridgehead atoms. The summed E-state index contributed by atoms with van der Waals surface area (Å²) in [5, 5.41) is 23.5. The number of halogens is 14. The lowest BCUT2D eigenvalue weighted by atomic mass is 10.1. The minimum atomic E-state index is -4.40. The van der Waals surface area contributed by atoms with E-state index in [1.165, 1.54) is 109 Å². The van der Waals surface area contributed by atoms with E-state index in [2.05, 4.69) is 121 Å². The van der Waals surface area contributed by atoms with Crippen molar-refractivity contribution in [3.63, 3.8) is 0 Å². The third kappa shape index (κ3) is 23.8. The molecule has 0 radical (unpaired) electrons. The Balaban J connectivity index is 0.000000127. The van der Waals surface area contributed by atoms with E-state index in [4.69, 9.17) is 16.3 Å². The van der Waals surface area contributed by atoms with Crippen LogP contribution in [-0.2, 0) is 19.0 Å². The number of aromatic nitrogens is 21. The zero-order chi connectivity index (χ0) is 103. The second-order valence-electron chi connectivity index (χ2n) is 31.8. The maximum Gasteiger partial charge on any atom is 0.416 e. The largest absolute Gasteiger partial charge is 0.497 e. The van der Waals surface area contributed by atoms with Crippen LogP contribution < -0.4 is 46.1 Å². The molecule has 0 aliphatic rings. The van der Waals surface area contributed by atoms with E-state index >= 15 is 0 Å². The molecule has 0 spiro atoms. The summed E-state index contributed by atoms with van der Waals surface area (Å²) in [5.74, 6) is 3.38. The molecule has 0 amide bonds. The van der Waals surface area contributed by atoms with Crippen LogP contribution in [0.1, 0.15) is 54.0 Å². The van der Waals surface area contributed by atoms with Gasteiger partial charge in [0.15, 0.2) is 75.3 Å². The lowest BCUT2D eigenvalue weighted by Crippen LogP contribution is -2.06. The molecular formula is C102H79ClF13N27O3. The van der Waals surface area contributed by atoms with Gasteiger partial charge in [0.2, 0.25) is 0 Å². The monoisotopic (exact) mass is 2010 g/mol. The fourth-order valence-electron chi connectivity index (χ4n) is 15.2. The van der Waals surface area contributed by atoms with Gasteiger partial charge in [-0.05, 0) is 192 Å². The van der Waals surface area contributed by atoms with Crippen LogP contribution in [0.25, 0.3) is 84.3 Å². The number of nitrogens with zero attached hydrogens (tertiary/aromatic N) is 21. The van der Waals surface area contributed by atoms with Gasteiger partial charge in [0, 0.05) is 88.2 Å². The molecule has 0 unspecified atom stereocenters. The van der Waals surface area contributed by atoms with E-state index in [9.17, 15) is 57.1 Å². The number of nitrogens with one attached hydrogen (secondary N) is 6. The van der Waals surface area contributed by atoms with E-state index in [-0.39, 0.29) is 34.6 Å². The molecule has 738 valence electrons. The molecular weight excluding hydrogens is 1930 g/mol. The second-order valence-corrected chi connectivity index (χ2v) is 32.3. The molecule has 21 rings (SSSR count). The number of hydrogen-bond donors (Lipinski definition) is 6. The van der Waals surface area contributed by atoms with Gasteiger partial charge in [-0.15, -0.1) is 0 Å². The zero-order valence-corrected chi connectivity index (χ0v) is 78.3. The van der Waals surface area contributed by atoms with Crippen molar-refractivity contribution >= 4 is 130 Å². The molecule has 9 aromatic carbocycles. The van der Waals surface area contributed by atoms with Gasteiger partial charge in [-0.25, -0.2) is 80.7 Å². The third-order valence-corrected chi connectivity index (χ3v) is 21.9. The highest BCUT2D eigenvalue weighted by molar-refractivity contribution is 6.30. The number of imidazole rings is 4. The van der Waals surface area contributed by atoms with E-state index in [1.54, 1.807) is 110 Å². The van der Waals surface area contributed by atoms with Crippen molar-refractivity contribution in [2.45, 2.75) is 73.8 Å². The number of rotatable bonds is 24. The van der Waals surface area contributed by atoms with Gasteiger partial charge < -0.3 is 46.1 Å². The molecule has 6 N–H and O–H groups in total. The third-order valence-electron chi connectivity index (χ3n) is 21.7. The quantitative estimate of drug-likeness (QED) is 0.0306. The van der Waals surface area contributed by atoms with Crippen molar-refractivity contribution < 1.29 is 71.3 Å². The fourth-order valence-corrected chi connectivity index (χ4v) is 15.3. The summed E-state index contributed by atoms with van der Waals surface area (Å²) in [6, 6.07) is 52.1. The van der Waals surface area contributed by atoms with Crippen LogP contribution in [0.2, 0.25) is 5.02 Å². The lowest BCUT2D eigenvalue weighted by Gasteiger charge is -2.12. The average molecular weight is 2010 g/mol. The second kappa shape index (κ2) is 43.8. The SMILES string of the molecule is CCc1nc2ncc(Nc3ccc(OC(F)F)c(F)c3)cc2n1-c1cncc(Nc2ccc(OC(F)F)c(F)c2)n1.CCc1nn2ccc(F)cc2c1-c1cncc(Nc2ccc(C(F)(F)F)cc2)n1.COc1ccc(Nc2cncc(-n3c(C)nc4ccc(F)cc43)n2)cc1.Cc1ccc(Nc2cncc(-n3c(C)nc4ccc(F)cc43)n2)cc1.Cc1nc2ccc(F)cc2n1-c1cncc(Nc2ccc(Cl)cc2)n1. The number of aryl methyl sites for hydroxylation is 6. The number of benzene rings is 9. The van der Waals surface area contributed by atoms with Crippen molar-refractivity contribution in [2.75, 3.05) is 39.0 Å². The van der Waals surface area contributed by atoms with Crippen molar-refractivity contribution in [2.24, 2.45) is 0 Å². The number of ether oxygens (including phenoxy) is 3. The van der Waals surface area contributed by atoms with E-state index < -0.39 is 53.9 Å². The Labute approximate surface area is 825 Å². The smallest absolute Gasteiger partial charge is 0.416 e. The Kier molecular flexibility index (Phi) is 29.8. The normalized spacial score (nSPS) is 11.2. The minimum Gasteiger partial charge on any atom is -0.497 e. The molecule has 0 fully saturated rings. The molecule has 21 aromatic rings. The number of alkyl halides is 7. The molecule has 0 saturated carbocycles. The van der Waals surface area contributed by atoms with E-state index in [1.807, 2.05) is 102 Å². The number of pyridine rings is 2. The van der Waals surface area contributed by atoms with Gasteiger partial charge in [0.1, 0.15) is 58.1 Å². The Morgan fingerprint density at radius 1 is 0.363 bits per heavy atom. The summed E-state index contributed by atoms with van der Waals surface area (Å²) in [7, 11) is 1.62. The summed E-state index contributed by atoms with van der Waals surface area (Å²) in [5.41, 5.74) is 11.9. The first-order valence-electron chi connectivity index (χ1n) is 44.2. The maximum atomic E-state index is 14.2. The molecule has 0 aliphatic carbocycles. The molecule has 12 heterocycles. The standard InChI is InChI=1S/C26H19F6N7O2.C20H15F4N5.C19H16FN5O.C19H16FN5.C18H13ClFN5/c1-2-22-38-24-18(9-15(10-34-24)35-13-3-5-19(16(27)7-13)40-25(29)30)39(22)23-12-33-11-21(37-23)36-14-4-6-20(17(28)8-14)41-26(31)32;1-2-15-19(17-9-13(21)7-8-29(17)28-15)16-10-25-11-18(27-16)26-14-5-3-12(4-6-14)20(22,23)24;1-12-22-16-8-3-13(20)9-17(16)25(12)19-11-21-10-18(24-19)23-14-4-6-15(26-2)7-5-14;1-12-3-6-15(7-4-12)23-18-10-21-11-19(24-18)25-13(2)22-16-8-5-14(20)9-17(16)25;1-11-22-15-7-4-13(20)8-16(15)25(11)18-10-21-9-17(24-18)23-14-5-2-12(19)3-6-14/h3-12,25-26,35H,2H2,1H3,(H,36,37);3-11H,2H2,1H3,(H,26,27);3-11H,1-2H3,(H,23,24);3-11H,1-2H3,(H,23,24);2-10H,1H3,(H,23,24). The topological polar surface area (TPSA) is 330 Å². The zero-order valence-electron chi connectivity index (χ0n) is 77.5. The molecule has 44 heteroatoms. The molecule has 0 saturated heterocycles. The number of anilines is 12.